The Morgan fingerprint density at radius 2 is 1.81 bits per heavy atom. The molecule has 0 saturated carbocycles. The van der Waals surface area contributed by atoms with E-state index in [1.54, 1.807) is 0 Å². The molecule has 0 amide bonds. The molecule has 0 spiro atoms. The zero-order valence-electron chi connectivity index (χ0n) is 23.2. The highest BCUT2D eigenvalue weighted by Crippen LogP contribution is 2.41. The van der Waals surface area contributed by atoms with E-state index in [1.807, 2.05) is 0 Å². The number of pyridine rings is 1. The van der Waals surface area contributed by atoms with Gasteiger partial charge >= 0.3 is 12.4 Å². The van der Waals surface area contributed by atoms with Gasteiger partial charge in [0.2, 0.25) is 0 Å². The van der Waals surface area contributed by atoms with Crippen LogP contribution in [-0.2, 0) is 0 Å². The van der Waals surface area contributed by atoms with E-state index in [-0.39, 0.29) is 34.1 Å². The Kier molecular flexibility index (Phi) is 6.76. The third-order valence-electron chi connectivity index (χ3n) is 9.11. The Hall–Kier alpha value is -3.45. The minimum absolute atomic E-state index is 0.0463. The summed E-state index contributed by atoms with van der Waals surface area (Å²) in [6.07, 6.45) is 2.77. The van der Waals surface area contributed by atoms with E-state index in [0.29, 0.717) is 43.0 Å². The highest BCUT2D eigenvalue weighted by atomic mass is 19.4. The zero-order chi connectivity index (χ0) is 29.1. The summed E-state index contributed by atoms with van der Waals surface area (Å²) in [6, 6.07) is 4.28. The van der Waals surface area contributed by atoms with Crippen LogP contribution in [0.25, 0.3) is 22.2 Å². The van der Waals surface area contributed by atoms with Crippen molar-refractivity contribution in [2.24, 2.45) is 0 Å². The molecule has 9 nitrogen and oxygen atoms in total. The second-order valence-corrected chi connectivity index (χ2v) is 11.7. The van der Waals surface area contributed by atoms with Crippen molar-refractivity contribution in [1.29, 1.82) is 0 Å². The summed E-state index contributed by atoms with van der Waals surface area (Å²) in [5.41, 5.74) is -0.689. The predicted molar refractivity (Wildman–Crippen MR) is 146 cm³/mol. The lowest BCUT2D eigenvalue weighted by molar-refractivity contribution is -0.274. The van der Waals surface area contributed by atoms with Crippen LogP contribution in [0.1, 0.15) is 38.5 Å². The largest absolute Gasteiger partial charge is 0.573 e. The van der Waals surface area contributed by atoms with E-state index in [0.717, 1.165) is 57.7 Å². The van der Waals surface area contributed by atoms with Crippen LogP contribution in [0.3, 0.4) is 0 Å². The first-order chi connectivity index (χ1) is 20.2. The minimum atomic E-state index is -4.98. The fourth-order valence-corrected chi connectivity index (χ4v) is 7.18. The number of ether oxygens (including phenoxy) is 3. The highest BCUT2D eigenvalue weighted by molar-refractivity contribution is 5.92. The monoisotopic (exact) mass is 588 g/mol. The fraction of sp³-hybridized carbons (Fsp3) is 0.552. The molecule has 2 atom stereocenters. The van der Waals surface area contributed by atoms with Crippen LogP contribution < -0.4 is 24.4 Å². The molecule has 4 aliphatic rings. The number of nitrogens with zero attached hydrogens (tertiary/aromatic N) is 5. The maximum Gasteiger partial charge on any atom is 0.573 e. The lowest BCUT2D eigenvalue weighted by Gasteiger charge is -2.34. The maximum atomic E-state index is 16.4. The van der Waals surface area contributed by atoms with Crippen molar-refractivity contribution < 1.29 is 31.8 Å². The molecule has 42 heavy (non-hydrogen) atoms. The Labute approximate surface area is 240 Å². The average Bonchev–Trinajstić information content (AvgIpc) is 3.65. The first-order valence-corrected chi connectivity index (χ1v) is 14.4. The van der Waals surface area contributed by atoms with Gasteiger partial charge in [-0.2, -0.15) is 9.97 Å². The third-order valence-corrected chi connectivity index (χ3v) is 9.11. The number of piperazine rings is 1. The van der Waals surface area contributed by atoms with E-state index >= 15 is 4.39 Å². The fourth-order valence-electron chi connectivity index (χ4n) is 7.18. The second kappa shape index (κ2) is 10.4. The summed E-state index contributed by atoms with van der Waals surface area (Å²) in [7, 11) is 1.37. The molecule has 6 heterocycles. The molecule has 7 rings (SSSR count). The van der Waals surface area contributed by atoms with Crippen molar-refractivity contribution in [1.82, 2.24) is 25.2 Å². The molecule has 4 fully saturated rings. The quantitative estimate of drug-likeness (QED) is 0.396. The lowest BCUT2D eigenvalue weighted by Crippen LogP contribution is -2.51. The summed E-state index contributed by atoms with van der Waals surface area (Å²) in [5, 5.41) is 3.96. The molecule has 224 valence electrons. The average molecular weight is 589 g/mol. The summed E-state index contributed by atoms with van der Waals surface area (Å²) in [6.45, 7) is 3.82. The van der Waals surface area contributed by atoms with Crippen molar-refractivity contribution in [3.8, 4) is 28.8 Å². The Morgan fingerprint density at radius 1 is 1.07 bits per heavy atom. The van der Waals surface area contributed by atoms with E-state index in [9.17, 15) is 13.2 Å². The third kappa shape index (κ3) is 4.96. The number of methoxy groups -OCH3 is 1. The van der Waals surface area contributed by atoms with Crippen LogP contribution in [0.4, 0.5) is 23.4 Å². The summed E-state index contributed by atoms with van der Waals surface area (Å²) in [4.78, 5) is 18.1. The molecule has 0 radical (unpaired) electrons. The first-order valence-electron chi connectivity index (χ1n) is 14.4. The molecular weight excluding hydrogens is 556 g/mol. The number of aromatic nitrogens is 3. The molecule has 3 aromatic rings. The maximum absolute atomic E-state index is 16.4. The van der Waals surface area contributed by atoms with Gasteiger partial charge in [-0.25, -0.2) is 4.39 Å². The summed E-state index contributed by atoms with van der Waals surface area (Å²) >= 11 is 0. The SMILES string of the molecule is COc1ccc(OC(F)(F)F)c(-c2ncc3c(N4CC5CCC(C4)N5)nc(OCC45CCCN4CCC5)nc3c2F)c1. The minimum Gasteiger partial charge on any atom is -0.497 e. The number of fused-ring (bicyclic) bond motifs is 4. The van der Waals surface area contributed by atoms with Crippen molar-refractivity contribution in [2.75, 3.05) is 44.8 Å². The molecule has 13 heteroatoms. The number of rotatable bonds is 7. The molecule has 2 aromatic heterocycles. The molecule has 4 saturated heterocycles. The van der Waals surface area contributed by atoms with Crippen LogP contribution in [0.5, 0.6) is 17.5 Å². The number of benzene rings is 1. The number of hydrogen-bond acceptors (Lipinski definition) is 9. The van der Waals surface area contributed by atoms with Crippen LogP contribution in [-0.4, -0.2) is 83.7 Å². The van der Waals surface area contributed by atoms with Gasteiger partial charge in [0, 0.05) is 36.9 Å². The smallest absolute Gasteiger partial charge is 0.497 e. The standard InChI is InChI=1S/C29H32F4N6O3/c1-40-19-6-7-22(42-29(31,32)33)20(12-19)24-23(30)25-21(13-34-24)26(38-14-17-4-5-18(15-38)35-17)37-27(36-25)41-16-28-8-2-10-39(28)11-3-9-28/h6-7,12-13,17-18,35H,2-5,8-11,14-16H2,1H3. The van der Waals surface area contributed by atoms with E-state index in [2.05, 4.69) is 29.8 Å². The molecule has 2 unspecified atom stereocenters. The molecule has 1 aromatic carbocycles. The van der Waals surface area contributed by atoms with Gasteiger partial charge in [0.25, 0.3) is 0 Å². The van der Waals surface area contributed by atoms with Gasteiger partial charge in [0.15, 0.2) is 5.82 Å². The van der Waals surface area contributed by atoms with Crippen molar-refractivity contribution in [3.63, 3.8) is 0 Å². The first kappa shape index (κ1) is 27.4. The Balaban J connectivity index is 1.33. The summed E-state index contributed by atoms with van der Waals surface area (Å²) < 4.78 is 71.8. The molecular formula is C29H32F4N6O3. The van der Waals surface area contributed by atoms with Gasteiger partial charge in [-0.15, -0.1) is 13.2 Å². The molecule has 2 bridgehead atoms. The molecule has 0 aliphatic carbocycles. The molecule has 4 aliphatic heterocycles. The van der Waals surface area contributed by atoms with Gasteiger partial charge < -0.3 is 24.4 Å². The Morgan fingerprint density at radius 3 is 2.50 bits per heavy atom. The van der Waals surface area contributed by atoms with Gasteiger partial charge in [-0.3, -0.25) is 9.88 Å². The van der Waals surface area contributed by atoms with Gasteiger partial charge in [-0.1, -0.05) is 0 Å². The Bertz CT molecular complexity index is 1480. The summed E-state index contributed by atoms with van der Waals surface area (Å²) in [5.74, 6) is -0.751. The lowest BCUT2D eigenvalue weighted by atomic mass is 9.95. The van der Waals surface area contributed by atoms with Crippen molar-refractivity contribution >= 4 is 16.7 Å². The van der Waals surface area contributed by atoms with Crippen LogP contribution in [0.15, 0.2) is 24.4 Å². The molecule has 1 N–H and O–H groups in total. The van der Waals surface area contributed by atoms with E-state index in [4.69, 9.17) is 14.5 Å². The van der Waals surface area contributed by atoms with Gasteiger partial charge in [-0.05, 0) is 69.8 Å². The topological polar surface area (TPSA) is 84.9 Å². The number of anilines is 1. The van der Waals surface area contributed by atoms with Crippen LogP contribution in [0, 0.1) is 5.82 Å². The highest BCUT2D eigenvalue weighted by Gasteiger charge is 2.45. The number of hydrogen-bond donors (Lipinski definition) is 1. The number of alkyl halides is 3. The van der Waals surface area contributed by atoms with Crippen LogP contribution in [0.2, 0.25) is 0 Å². The normalized spacial score (nSPS) is 23.4. The van der Waals surface area contributed by atoms with Gasteiger partial charge in [0.05, 0.1) is 18.0 Å². The van der Waals surface area contributed by atoms with Gasteiger partial charge in [0.1, 0.15) is 35.1 Å². The van der Waals surface area contributed by atoms with Crippen LogP contribution >= 0.6 is 0 Å². The van der Waals surface area contributed by atoms with Crippen molar-refractivity contribution in [2.45, 2.75) is 62.5 Å². The predicted octanol–water partition coefficient (Wildman–Crippen LogP) is 4.69. The van der Waals surface area contributed by atoms with E-state index in [1.165, 1.54) is 25.4 Å². The number of nitrogens with one attached hydrogen (secondary N) is 1. The van der Waals surface area contributed by atoms with E-state index < -0.39 is 17.9 Å². The van der Waals surface area contributed by atoms with Crippen molar-refractivity contribution in [3.05, 3.63) is 30.2 Å². The second-order valence-electron chi connectivity index (χ2n) is 11.7. The zero-order valence-corrected chi connectivity index (χ0v) is 23.2. The number of halogens is 4.